The van der Waals surface area contributed by atoms with Crippen molar-refractivity contribution >= 4 is 5.97 Å². The maximum absolute atomic E-state index is 12.4. The van der Waals surface area contributed by atoms with Gasteiger partial charge >= 0.3 is 5.97 Å². The van der Waals surface area contributed by atoms with E-state index in [4.69, 9.17) is 9.47 Å². The molecule has 0 saturated carbocycles. The lowest BCUT2D eigenvalue weighted by atomic mass is 9.89. The second-order valence-electron chi connectivity index (χ2n) is 6.29. The number of carbonyl (C=O) groups excluding carboxylic acids is 1. The first kappa shape index (κ1) is 15.5. The molecule has 22 heavy (non-hydrogen) atoms. The Labute approximate surface area is 132 Å². The number of esters is 1. The maximum Gasteiger partial charge on any atom is 0.313 e. The van der Waals surface area contributed by atoms with Crippen LogP contribution in [-0.2, 0) is 14.3 Å². The van der Waals surface area contributed by atoms with Gasteiger partial charge in [0, 0.05) is 12.1 Å². The molecule has 4 nitrogen and oxygen atoms in total. The summed E-state index contributed by atoms with van der Waals surface area (Å²) in [5, 5.41) is 3.64. The molecular formula is C18H25NO3. The summed E-state index contributed by atoms with van der Waals surface area (Å²) in [6.45, 7) is 4.43. The molecule has 2 heterocycles. The van der Waals surface area contributed by atoms with Crippen LogP contribution in [0.5, 0.6) is 0 Å². The van der Waals surface area contributed by atoms with Gasteiger partial charge in [-0.15, -0.1) is 0 Å². The van der Waals surface area contributed by atoms with Crippen molar-refractivity contribution in [3.8, 4) is 0 Å². The number of hydrogen-bond acceptors (Lipinski definition) is 4. The zero-order valence-electron chi connectivity index (χ0n) is 13.3. The van der Waals surface area contributed by atoms with E-state index in [9.17, 15) is 4.79 Å². The van der Waals surface area contributed by atoms with Gasteiger partial charge in [0.2, 0.25) is 0 Å². The Kier molecular flexibility index (Phi) is 4.79. The number of nitrogens with one attached hydrogen (secondary N) is 1. The first-order chi connectivity index (χ1) is 10.7. The molecule has 2 aliphatic heterocycles. The van der Waals surface area contributed by atoms with E-state index in [-0.39, 0.29) is 36.2 Å². The van der Waals surface area contributed by atoms with Crippen LogP contribution in [0.25, 0.3) is 0 Å². The number of fused-ring (bicyclic) bond motifs is 2. The predicted octanol–water partition coefficient (Wildman–Crippen LogP) is 2.84. The fraction of sp³-hybridized carbons (Fsp3) is 0.611. The molecule has 2 saturated heterocycles. The largest absolute Gasteiger partial charge is 0.466 e. The molecule has 0 radical (unpaired) electrons. The summed E-state index contributed by atoms with van der Waals surface area (Å²) in [4.78, 5) is 12.4. The van der Waals surface area contributed by atoms with Crippen molar-refractivity contribution < 1.29 is 14.3 Å². The topological polar surface area (TPSA) is 47.6 Å². The molecule has 0 aromatic heterocycles. The van der Waals surface area contributed by atoms with Crippen LogP contribution in [0.3, 0.4) is 0 Å². The Morgan fingerprint density at radius 3 is 2.86 bits per heavy atom. The second-order valence-corrected chi connectivity index (χ2v) is 6.29. The van der Waals surface area contributed by atoms with Gasteiger partial charge in [0.1, 0.15) is 0 Å². The summed E-state index contributed by atoms with van der Waals surface area (Å²) in [7, 11) is 0. The third-order valence-corrected chi connectivity index (χ3v) is 4.81. The number of ether oxygens (including phenoxy) is 2. The molecule has 2 fully saturated rings. The lowest BCUT2D eigenvalue weighted by Crippen LogP contribution is -2.51. The van der Waals surface area contributed by atoms with E-state index in [1.54, 1.807) is 0 Å². The molecule has 3 rings (SSSR count). The SMILES string of the molecule is CCOC(=O)C1C(N[C@@H](C)c2ccccc2)CC2CCC1O2. The Morgan fingerprint density at radius 1 is 1.36 bits per heavy atom. The number of rotatable bonds is 5. The maximum atomic E-state index is 12.4. The average Bonchev–Trinajstić information content (AvgIpc) is 2.90. The van der Waals surface area contributed by atoms with E-state index >= 15 is 0 Å². The minimum Gasteiger partial charge on any atom is -0.466 e. The molecule has 120 valence electrons. The van der Waals surface area contributed by atoms with Crippen molar-refractivity contribution in [2.45, 2.75) is 57.4 Å². The van der Waals surface area contributed by atoms with Crippen molar-refractivity contribution in [2.24, 2.45) is 5.92 Å². The Bertz CT molecular complexity index is 504. The number of carbonyl (C=O) groups is 1. The summed E-state index contributed by atoms with van der Waals surface area (Å²) >= 11 is 0. The van der Waals surface area contributed by atoms with E-state index in [0.717, 1.165) is 19.3 Å². The van der Waals surface area contributed by atoms with Crippen molar-refractivity contribution in [1.29, 1.82) is 0 Å². The van der Waals surface area contributed by atoms with E-state index in [0.29, 0.717) is 6.61 Å². The summed E-state index contributed by atoms with van der Waals surface area (Å²) in [6.07, 6.45) is 3.20. The van der Waals surface area contributed by atoms with E-state index in [1.807, 2.05) is 25.1 Å². The van der Waals surface area contributed by atoms with Gasteiger partial charge in [-0.1, -0.05) is 30.3 Å². The van der Waals surface area contributed by atoms with Crippen molar-refractivity contribution in [1.82, 2.24) is 5.32 Å². The highest BCUT2D eigenvalue weighted by atomic mass is 16.5. The van der Waals surface area contributed by atoms with Crippen LogP contribution in [0.4, 0.5) is 0 Å². The Morgan fingerprint density at radius 2 is 2.14 bits per heavy atom. The number of hydrogen-bond donors (Lipinski definition) is 1. The van der Waals surface area contributed by atoms with Crippen molar-refractivity contribution in [3.05, 3.63) is 35.9 Å². The number of benzene rings is 1. The van der Waals surface area contributed by atoms with Crippen LogP contribution in [0.1, 0.15) is 44.7 Å². The quantitative estimate of drug-likeness (QED) is 0.850. The van der Waals surface area contributed by atoms with Gasteiger partial charge in [0.05, 0.1) is 24.7 Å². The summed E-state index contributed by atoms with van der Waals surface area (Å²) < 4.78 is 11.2. The minimum atomic E-state index is -0.190. The third kappa shape index (κ3) is 3.18. The molecule has 1 aromatic rings. The smallest absolute Gasteiger partial charge is 0.313 e. The standard InChI is InChI=1S/C18H25NO3/c1-3-21-18(20)17-15(11-14-9-10-16(17)22-14)19-12(2)13-7-5-4-6-8-13/h4-8,12,14-17,19H,3,9-11H2,1-2H3/t12-,14?,15?,16?,17?/m0/s1. The van der Waals surface area contributed by atoms with E-state index in [2.05, 4.69) is 24.4 Å². The van der Waals surface area contributed by atoms with Crippen LogP contribution in [0.15, 0.2) is 30.3 Å². The summed E-state index contributed by atoms with van der Waals surface area (Å²) in [5.41, 5.74) is 1.24. The van der Waals surface area contributed by atoms with Gasteiger partial charge in [-0.05, 0) is 38.7 Å². The average molecular weight is 303 g/mol. The van der Waals surface area contributed by atoms with E-state index in [1.165, 1.54) is 5.56 Å². The van der Waals surface area contributed by atoms with Gasteiger partial charge in [-0.3, -0.25) is 4.79 Å². The third-order valence-electron chi connectivity index (χ3n) is 4.81. The Balaban J connectivity index is 1.73. The fourth-order valence-corrected chi connectivity index (χ4v) is 3.75. The van der Waals surface area contributed by atoms with Crippen LogP contribution in [-0.4, -0.2) is 30.8 Å². The lowest BCUT2D eigenvalue weighted by Gasteiger charge is -2.37. The second kappa shape index (κ2) is 6.80. The molecule has 2 aliphatic rings. The van der Waals surface area contributed by atoms with Gasteiger partial charge in [-0.2, -0.15) is 0 Å². The predicted molar refractivity (Wildman–Crippen MR) is 84.4 cm³/mol. The Hall–Kier alpha value is -1.39. The van der Waals surface area contributed by atoms with Gasteiger partial charge in [-0.25, -0.2) is 0 Å². The monoisotopic (exact) mass is 303 g/mol. The molecule has 0 amide bonds. The van der Waals surface area contributed by atoms with Crippen LogP contribution >= 0.6 is 0 Å². The molecule has 2 bridgehead atoms. The van der Waals surface area contributed by atoms with Crippen LogP contribution < -0.4 is 5.32 Å². The van der Waals surface area contributed by atoms with Gasteiger partial charge < -0.3 is 14.8 Å². The normalized spacial score (nSPS) is 31.7. The highest BCUT2D eigenvalue weighted by Crippen LogP contribution is 2.38. The highest BCUT2D eigenvalue weighted by molar-refractivity contribution is 5.74. The zero-order valence-corrected chi connectivity index (χ0v) is 13.3. The molecule has 4 heteroatoms. The molecule has 1 aromatic carbocycles. The highest BCUT2D eigenvalue weighted by Gasteiger charge is 2.47. The molecule has 0 spiro atoms. The van der Waals surface area contributed by atoms with Crippen molar-refractivity contribution in [3.63, 3.8) is 0 Å². The van der Waals surface area contributed by atoms with Gasteiger partial charge in [0.25, 0.3) is 0 Å². The lowest BCUT2D eigenvalue weighted by molar-refractivity contribution is -0.160. The first-order valence-corrected chi connectivity index (χ1v) is 8.32. The zero-order chi connectivity index (χ0) is 15.5. The molecule has 5 atom stereocenters. The van der Waals surface area contributed by atoms with Crippen LogP contribution in [0, 0.1) is 5.92 Å². The molecule has 0 aliphatic carbocycles. The molecule has 1 N–H and O–H groups in total. The fourth-order valence-electron chi connectivity index (χ4n) is 3.75. The van der Waals surface area contributed by atoms with Crippen molar-refractivity contribution in [2.75, 3.05) is 6.61 Å². The molecule has 4 unspecified atom stereocenters. The van der Waals surface area contributed by atoms with E-state index < -0.39 is 0 Å². The molecular weight excluding hydrogens is 278 g/mol. The minimum absolute atomic E-state index is 0.0123. The summed E-state index contributed by atoms with van der Waals surface area (Å²) in [5.74, 6) is -0.310. The summed E-state index contributed by atoms with van der Waals surface area (Å²) in [6, 6.07) is 10.7. The van der Waals surface area contributed by atoms with Gasteiger partial charge in [0.15, 0.2) is 0 Å². The first-order valence-electron chi connectivity index (χ1n) is 8.32. The van der Waals surface area contributed by atoms with Crippen LogP contribution in [0.2, 0.25) is 0 Å².